The zero-order chi connectivity index (χ0) is 14.5. The summed E-state index contributed by atoms with van der Waals surface area (Å²) < 4.78 is 0. The molecule has 1 fully saturated rings. The lowest BCUT2D eigenvalue weighted by Crippen LogP contribution is -2.35. The highest BCUT2D eigenvalue weighted by molar-refractivity contribution is 7.14. The Morgan fingerprint density at radius 2 is 2.00 bits per heavy atom. The van der Waals surface area contributed by atoms with Crippen LogP contribution in [-0.2, 0) is 0 Å². The Bertz CT molecular complexity index is 480. The number of carbonyl (C=O) groups is 2. The number of aliphatic hydroxyl groups excluding tert-OH is 1. The molecule has 1 aromatic rings. The number of aromatic carboxylic acids is 1. The van der Waals surface area contributed by atoms with Crippen LogP contribution in [0, 0.1) is 5.92 Å². The van der Waals surface area contributed by atoms with Crippen LogP contribution in [0.5, 0.6) is 0 Å². The van der Waals surface area contributed by atoms with Crippen LogP contribution in [0.3, 0.4) is 0 Å². The van der Waals surface area contributed by atoms with Crippen molar-refractivity contribution in [1.29, 1.82) is 0 Å². The molecule has 0 radical (unpaired) electrons. The second-order valence-electron chi connectivity index (χ2n) is 4.98. The Morgan fingerprint density at radius 3 is 2.65 bits per heavy atom. The lowest BCUT2D eigenvalue weighted by Gasteiger charge is -2.25. The van der Waals surface area contributed by atoms with Crippen LogP contribution in [0.15, 0.2) is 11.4 Å². The van der Waals surface area contributed by atoms with Gasteiger partial charge in [0.2, 0.25) is 0 Å². The van der Waals surface area contributed by atoms with E-state index in [1.54, 1.807) is 5.38 Å². The molecule has 20 heavy (non-hydrogen) atoms. The van der Waals surface area contributed by atoms with Crippen molar-refractivity contribution in [1.82, 2.24) is 5.32 Å². The number of carboxylic acids is 1. The monoisotopic (exact) mass is 298 g/mol. The molecule has 1 heterocycles. The van der Waals surface area contributed by atoms with Gasteiger partial charge < -0.3 is 15.5 Å². The van der Waals surface area contributed by atoms with E-state index < -0.39 is 5.97 Å². The van der Waals surface area contributed by atoms with Crippen LogP contribution < -0.4 is 10.6 Å². The molecule has 110 valence electrons. The molecule has 0 aromatic carbocycles. The predicted octanol–water partition coefficient (Wildman–Crippen LogP) is 2.12. The topological polar surface area (TPSA) is 98.7 Å². The highest BCUT2D eigenvalue weighted by Gasteiger charge is 2.20. The summed E-state index contributed by atoms with van der Waals surface area (Å²) in [7, 11) is 0. The number of rotatable bonds is 4. The molecule has 0 spiro atoms. The van der Waals surface area contributed by atoms with Gasteiger partial charge in [0.25, 0.3) is 0 Å². The first-order valence-corrected chi connectivity index (χ1v) is 7.48. The summed E-state index contributed by atoms with van der Waals surface area (Å²) in [5.41, 5.74) is 0.103. The quantitative estimate of drug-likeness (QED) is 0.684. The molecule has 2 rings (SSSR count). The summed E-state index contributed by atoms with van der Waals surface area (Å²) in [6.07, 6.45) is 3.16. The average Bonchev–Trinajstić information content (AvgIpc) is 2.86. The lowest BCUT2D eigenvalue weighted by atomic mass is 9.87. The first-order valence-electron chi connectivity index (χ1n) is 6.60. The predicted molar refractivity (Wildman–Crippen MR) is 76.3 cm³/mol. The van der Waals surface area contributed by atoms with Crippen LogP contribution >= 0.6 is 11.3 Å². The first-order chi connectivity index (χ1) is 9.56. The minimum atomic E-state index is -1.05. The van der Waals surface area contributed by atoms with Crippen molar-refractivity contribution in [2.75, 3.05) is 11.9 Å². The van der Waals surface area contributed by atoms with Crippen LogP contribution in [0.25, 0.3) is 0 Å². The Hall–Kier alpha value is -1.60. The van der Waals surface area contributed by atoms with E-state index in [2.05, 4.69) is 10.6 Å². The van der Waals surface area contributed by atoms with Crippen molar-refractivity contribution in [3.63, 3.8) is 0 Å². The second kappa shape index (κ2) is 6.71. The minimum Gasteiger partial charge on any atom is -0.478 e. The summed E-state index contributed by atoms with van der Waals surface area (Å²) >= 11 is 1.18. The Labute approximate surface area is 120 Å². The number of anilines is 1. The van der Waals surface area contributed by atoms with Crippen molar-refractivity contribution >= 4 is 28.3 Å². The second-order valence-corrected chi connectivity index (χ2v) is 5.89. The van der Waals surface area contributed by atoms with Gasteiger partial charge in [0.15, 0.2) is 0 Å². The molecular formula is C13H18N2O4S. The maximum atomic E-state index is 11.7. The van der Waals surface area contributed by atoms with Crippen molar-refractivity contribution < 1.29 is 19.8 Å². The van der Waals surface area contributed by atoms with Crippen LogP contribution in [-0.4, -0.2) is 34.9 Å². The van der Waals surface area contributed by atoms with E-state index in [-0.39, 0.29) is 17.7 Å². The zero-order valence-corrected chi connectivity index (χ0v) is 11.8. The third-order valence-electron chi connectivity index (χ3n) is 3.49. The highest BCUT2D eigenvalue weighted by Crippen LogP contribution is 2.24. The summed E-state index contributed by atoms with van der Waals surface area (Å²) in [4.78, 5) is 22.6. The molecular weight excluding hydrogens is 280 g/mol. The largest absolute Gasteiger partial charge is 0.478 e. The normalized spacial score (nSPS) is 22.2. The summed E-state index contributed by atoms with van der Waals surface area (Å²) in [6.45, 7) is 0.548. The molecule has 2 amide bonds. The number of amides is 2. The Morgan fingerprint density at radius 1 is 1.30 bits per heavy atom. The third-order valence-corrected chi connectivity index (χ3v) is 4.32. The molecule has 1 aliphatic rings. The molecule has 1 saturated carbocycles. The van der Waals surface area contributed by atoms with E-state index in [9.17, 15) is 14.7 Å². The van der Waals surface area contributed by atoms with Gasteiger partial charge in [0.05, 0.1) is 11.7 Å². The molecule has 0 bridgehead atoms. The maximum Gasteiger partial charge on any atom is 0.338 e. The van der Waals surface area contributed by atoms with E-state index in [1.807, 2.05) is 0 Å². The number of thiophene rings is 1. The minimum absolute atomic E-state index is 0.103. The van der Waals surface area contributed by atoms with E-state index in [1.165, 1.54) is 17.4 Å². The van der Waals surface area contributed by atoms with Gasteiger partial charge in [-0.2, -0.15) is 0 Å². The highest BCUT2D eigenvalue weighted by atomic mass is 32.1. The van der Waals surface area contributed by atoms with Gasteiger partial charge in [-0.25, -0.2) is 9.59 Å². The molecule has 1 aromatic heterocycles. The van der Waals surface area contributed by atoms with E-state index in [4.69, 9.17) is 5.11 Å². The van der Waals surface area contributed by atoms with E-state index in [0.29, 0.717) is 17.5 Å². The molecule has 6 nitrogen and oxygen atoms in total. The molecule has 1 aliphatic carbocycles. The summed E-state index contributed by atoms with van der Waals surface area (Å²) in [5.74, 6) is -0.672. The Kier molecular flexibility index (Phi) is 4.97. The number of urea groups is 1. The average molecular weight is 298 g/mol. The zero-order valence-electron chi connectivity index (χ0n) is 11.0. The standard InChI is InChI=1S/C13H18N2O4S/c16-9-3-1-8(2-4-9)7-14-13(19)15-11-10(12(17)18)5-6-20-11/h5-6,8-9,16H,1-4,7H2,(H,17,18)(H2,14,15,19). The van der Waals surface area contributed by atoms with Crippen LogP contribution in [0.4, 0.5) is 9.80 Å². The first kappa shape index (κ1) is 14.8. The fraction of sp³-hybridized carbons (Fsp3) is 0.538. The number of hydrogen-bond acceptors (Lipinski definition) is 4. The maximum absolute atomic E-state index is 11.7. The van der Waals surface area contributed by atoms with Gasteiger partial charge >= 0.3 is 12.0 Å². The van der Waals surface area contributed by atoms with Gasteiger partial charge in [-0.1, -0.05) is 0 Å². The Balaban J connectivity index is 1.78. The van der Waals surface area contributed by atoms with E-state index in [0.717, 1.165) is 25.7 Å². The number of aliphatic hydroxyl groups is 1. The fourth-order valence-corrected chi connectivity index (χ4v) is 3.08. The van der Waals surface area contributed by atoms with Crippen LogP contribution in [0.1, 0.15) is 36.0 Å². The van der Waals surface area contributed by atoms with Gasteiger partial charge in [-0.15, -0.1) is 11.3 Å². The van der Waals surface area contributed by atoms with Crippen molar-refractivity contribution in [3.05, 3.63) is 17.0 Å². The number of carboxylic acid groups (broad SMARTS) is 1. The SMILES string of the molecule is O=C(NCC1CCC(O)CC1)Nc1sccc1C(=O)O. The smallest absolute Gasteiger partial charge is 0.338 e. The van der Waals surface area contributed by atoms with Gasteiger partial charge in [-0.05, 0) is 43.0 Å². The lowest BCUT2D eigenvalue weighted by molar-refractivity contribution is 0.0698. The van der Waals surface area contributed by atoms with Gasteiger partial charge in [0, 0.05) is 6.54 Å². The summed E-state index contributed by atoms with van der Waals surface area (Å²) in [6, 6.07) is 1.08. The number of nitrogens with one attached hydrogen (secondary N) is 2. The summed E-state index contributed by atoms with van der Waals surface area (Å²) in [5, 5.41) is 25.6. The molecule has 7 heteroatoms. The molecule has 4 N–H and O–H groups in total. The van der Waals surface area contributed by atoms with Crippen LogP contribution in [0.2, 0.25) is 0 Å². The van der Waals surface area contributed by atoms with Crippen molar-refractivity contribution in [2.45, 2.75) is 31.8 Å². The molecule has 0 unspecified atom stereocenters. The molecule has 0 atom stereocenters. The number of hydrogen-bond donors (Lipinski definition) is 4. The fourth-order valence-electron chi connectivity index (χ4n) is 2.31. The third kappa shape index (κ3) is 3.94. The van der Waals surface area contributed by atoms with Crippen molar-refractivity contribution in [2.24, 2.45) is 5.92 Å². The molecule has 0 saturated heterocycles. The van der Waals surface area contributed by atoms with Crippen molar-refractivity contribution in [3.8, 4) is 0 Å². The van der Waals surface area contributed by atoms with E-state index >= 15 is 0 Å². The molecule has 0 aliphatic heterocycles. The van der Waals surface area contributed by atoms with Gasteiger partial charge in [0.1, 0.15) is 5.00 Å². The number of carbonyl (C=O) groups excluding carboxylic acids is 1. The van der Waals surface area contributed by atoms with Gasteiger partial charge in [-0.3, -0.25) is 5.32 Å².